The summed E-state index contributed by atoms with van der Waals surface area (Å²) in [7, 11) is -0.756. The molecule has 20 heavy (non-hydrogen) atoms. The highest BCUT2D eigenvalue weighted by molar-refractivity contribution is 7.84. The van der Waals surface area contributed by atoms with Crippen LogP contribution >= 0.6 is 0 Å². The van der Waals surface area contributed by atoms with Gasteiger partial charge in [-0.2, -0.15) is 0 Å². The Balaban J connectivity index is 2.48. The maximum absolute atomic E-state index is 11.3. The van der Waals surface area contributed by atoms with Crippen molar-refractivity contribution in [2.45, 2.75) is 39.2 Å². The lowest BCUT2D eigenvalue weighted by molar-refractivity contribution is 0.511. The first-order valence-corrected chi connectivity index (χ1v) is 8.70. The van der Waals surface area contributed by atoms with Crippen LogP contribution in [-0.4, -0.2) is 25.8 Å². The van der Waals surface area contributed by atoms with Gasteiger partial charge in [-0.3, -0.25) is 4.21 Å². The van der Waals surface area contributed by atoms with Crippen LogP contribution in [0.4, 0.5) is 5.69 Å². The second-order valence-corrected chi connectivity index (χ2v) is 7.21. The number of aromatic nitrogens is 2. The molecule has 1 heterocycles. The number of anilines is 1. The molecule has 0 saturated heterocycles. The predicted octanol–water partition coefficient (Wildman–Crippen LogP) is 3.07. The Kier molecular flexibility index (Phi) is 4.48. The first-order chi connectivity index (χ1) is 9.40. The molecule has 0 amide bonds. The SMILES string of the molecule is CC(C)c1nc2cc(N)ccc2n1C(C)CCS(C)=O. The number of rotatable bonds is 5. The molecular formula is C15H23N3OS. The Bertz CT molecular complexity index is 633. The molecule has 2 atom stereocenters. The van der Waals surface area contributed by atoms with Crippen molar-refractivity contribution in [1.82, 2.24) is 9.55 Å². The standard InChI is InChI=1S/C15H23N3OS/c1-10(2)15-17-13-9-12(16)5-6-14(13)18(15)11(3)7-8-20(4)19/h5-6,9-11H,7-8,16H2,1-4H3. The van der Waals surface area contributed by atoms with Crippen LogP contribution in [-0.2, 0) is 10.8 Å². The second kappa shape index (κ2) is 5.95. The third-order valence-corrected chi connectivity index (χ3v) is 4.33. The van der Waals surface area contributed by atoms with Gasteiger partial charge in [0.15, 0.2) is 0 Å². The van der Waals surface area contributed by atoms with E-state index in [-0.39, 0.29) is 6.04 Å². The van der Waals surface area contributed by atoms with Crippen LogP contribution in [0.25, 0.3) is 11.0 Å². The number of benzene rings is 1. The summed E-state index contributed by atoms with van der Waals surface area (Å²) in [6.07, 6.45) is 2.64. The van der Waals surface area contributed by atoms with Crippen LogP contribution < -0.4 is 5.73 Å². The van der Waals surface area contributed by atoms with E-state index in [4.69, 9.17) is 10.7 Å². The summed E-state index contributed by atoms with van der Waals surface area (Å²) >= 11 is 0. The van der Waals surface area contributed by atoms with Crippen LogP contribution in [0, 0.1) is 0 Å². The summed E-state index contributed by atoms with van der Waals surface area (Å²) in [6.45, 7) is 6.45. The Morgan fingerprint density at radius 3 is 2.65 bits per heavy atom. The lowest BCUT2D eigenvalue weighted by Gasteiger charge is -2.18. The van der Waals surface area contributed by atoms with E-state index in [9.17, 15) is 4.21 Å². The van der Waals surface area contributed by atoms with Crippen molar-refractivity contribution in [3.63, 3.8) is 0 Å². The summed E-state index contributed by atoms with van der Waals surface area (Å²) < 4.78 is 13.6. The van der Waals surface area contributed by atoms with E-state index in [0.29, 0.717) is 11.7 Å². The molecule has 1 aromatic carbocycles. The monoisotopic (exact) mass is 293 g/mol. The maximum atomic E-state index is 11.3. The van der Waals surface area contributed by atoms with E-state index in [1.807, 2.05) is 18.2 Å². The molecule has 0 saturated carbocycles. The van der Waals surface area contributed by atoms with Crippen molar-refractivity contribution in [3.05, 3.63) is 24.0 Å². The molecule has 2 N–H and O–H groups in total. The smallest absolute Gasteiger partial charge is 0.112 e. The predicted molar refractivity (Wildman–Crippen MR) is 86.5 cm³/mol. The third-order valence-electron chi connectivity index (χ3n) is 3.52. The van der Waals surface area contributed by atoms with Crippen molar-refractivity contribution in [3.8, 4) is 0 Å². The Morgan fingerprint density at radius 1 is 1.35 bits per heavy atom. The molecule has 2 rings (SSSR count). The second-order valence-electron chi connectivity index (χ2n) is 5.66. The van der Waals surface area contributed by atoms with Gasteiger partial charge in [-0.15, -0.1) is 0 Å². The quantitative estimate of drug-likeness (QED) is 0.862. The normalized spacial score (nSPS) is 14.8. The fourth-order valence-corrected chi connectivity index (χ4v) is 3.14. The fourth-order valence-electron chi connectivity index (χ4n) is 2.47. The summed E-state index contributed by atoms with van der Waals surface area (Å²) in [6, 6.07) is 6.14. The fraction of sp³-hybridized carbons (Fsp3) is 0.533. The van der Waals surface area contributed by atoms with Crippen molar-refractivity contribution in [2.24, 2.45) is 0 Å². The Hall–Kier alpha value is -1.36. The summed E-state index contributed by atoms with van der Waals surface area (Å²) in [5.41, 5.74) is 8.63. The Labute approximate surface area is 122 Å². The molecule has 4 nitrogen and oxygen atoms in total. The number of nitrogens with two attached hydrogens (primary N) is 1. The first kappa shape index (κ1) is 15.0. The van der Waals surface area contributed by atoms with E-state index in [0.717, 1.165) is 29.0 Å². The van der Waals surface area contributed by atoms with Crippen LogP contribution in [0.2, 0.25) is 0 Å². The third kappa shape index (κ3) is 3.03. The average molecular weight is 293 g/mol. The lowest BCUT2D eigenvalue weighted by atomic mass is 10.1. The molecule has 110 valence electrons. The number of nitrogens with zero attached hydrogens (tertiary/aromatic N) is 2. The number of fused-ring (bicyclic) bond motifs is 1. The van der Waals surface area contributed by atoms with E-state index in [1.165, 1.54) is 0 Å². The van der Waals surface area contributed by atoms with Gasteiger partial charge >= 0.3 is 0 Å². The van der Waals surface area contributed by atoms with E-state index >= 15 is 0 Å². The molecule has 0 radical (unpaired) electrons. The molecular weight excluding hydrogens is 270 g/mol. The first-order valence-electron chi connectivity index (χ1n) is 6.97. The maximum Gasteiger partial charge on any atom is 0.112 e. The molecule has 0 aliphatic rings. The highest BCUT2D eigenvalue weighted by atomic mass is 32.2. The van der Waals surface area contributed by atoms with Crippen LogP contribution in [0.3, 0.4) is 0 Å². The molecule has 0 aliphatic heterocycles. The Morgan fingerprint density at radius 2 is 2.05 bits per heavy atom. The van der Waals surface area contributed by atoms with Gasteiger partial charge in [-0.25, -0.2) is 4.98 Å². The number of hydrogen-bond acceptors (Lipinski definition) is 3. The molecule has 0 fully saturated rings. The largest absolute Gasteiger partial charge is 0.399 e. The van der Waals surface area contributed by atoms with Gasteiger partial charge in [0.25, 0.3) is 0 Å². The van der Waals surface area contributed by atoms with Gasteiger partial charge < -0.3 is 10.3 Å². The number of hydrogen-bond donors (Lipinski definition) is 1. The van der Waals surface area contributed by atoms with Gasteiger partial charge in [0.1, 0.15) is 5.82 Å². The summed E-state index contributed by atoms with van der Waals surface area (Å²) in [4.78, 5) is 4.73. The van der Waals surface area contributed by atoms with Crippen molar-refractivity contribution in [1.29, 1.82) is 0 Å². The summed E-state index contributed by atoms with van der Waals surface area (Å²) in [5, 5.41) is 0. The van der Waals surface area contributed by atoms with Gasteiger partial charge in [-0.05, 0) is 31.5 Å². The number of nitrogen functional groups attached to an aromatic ring is 1. The molecule has 0 spiro atoms. The minimum atomic E-state index is -0.756. The highest BCUT2D eigenvalue weighted by Crippen LogP contribution is 2.28. The van der Waals surface area contributed by atoms with Gasteiger partial charge in [0, 0.05) is 40.5 Å². The highest BCUT2D eigenvalue weighted by Gasteiger charge is 2.18. The van der Waals surface area contributed by atoms with Gasteiger partial charge in [0.05, 0.1) is 11.0 Å². The minimum absolute atomic E-state index is 0.282. The van der Waals surface area contributed by atoms with Crippen LogP contribution in [0.5, 0.6) is 0 Å². The van der Waals surface area contributed by atoms with Crippen molar-refractivity contribution < 1.29 is 4.21 Å². The minimum Gasteiger partial charge on any atom is -0.399 e. The molecule has 0 bridgehead atoms. The van der Waals surface area contributed by atoms with Gasteiger partial charge in [-0.1, -0.05) is 13.8 Å². The molecule has 5 heteroatoms. The number of imidazole rings is 1. The van der Waals surface area contributed by atoms with Crippen LogP contribution in [0.15, 0.2) is 18.2 Å². The van der Waals surface area contributed by atoms with E-state index < -0.39 is 10.8 Å². The van der Waals surface area contributed by atoms with E-state index in [1.54, 1.807) is 6.26 Å². The summed E-state index contributed by atoms with van der Waals surface area (Å²) in [5.74, 6) is 2.13. The molecule has 2 aromatic rings. The van der Waals surface area contributed by atoms with Crippen molar-refractivity contribution in [2.75, 3.05) is 17.7 Å². The van der Waals surface area contributed by atoms with Gasteiger partial charge in [0.2, 0.25) is 0 Å². The average Bonchev–Trinajstić information content (AvgIpc) is 2.74. The topological polar surface area (TPSA) is 60.9 Å². The molecule has 2 unspecified atom stereocenters. The van der Waals surface area contributed by atoms with E-state index in [2.05, 4.69) is 25.3 Å². The van der Waals surface area contributed by atoms with Crippen molar-refractivity contribution >= 4 is 27.5 Å². The zero-order valence-corrected chi connectivity index (χ0v) is 13.4. The lowest BCUT2D eigenvalue weighted by Crippen LogP contribution is -2.13. The molecule has 0 aliphatic carbocycles. The van der Waals surface area contributed by atoms with Crippen LogP contribution in [0.1, 0.15) is 45.0 Å². The molecule has 1 aromatic heterocycles. The zero-order chi connectivity index (χ0) is 14.9. The zero-order valence-electron chi connectivity index (χ0n) is 12.6.